The van der Waals surface area contributed by atoms with Crippen molar-refractivity contribution >= 4 is 11.9 Å². The van der Waals surface area contributed by atoms with E-state index in [1.165, 1.54) is 12.8 Å². The van der Waals surface area contributed by atoms with Crippen LogP contribution in [0.15, 0.2) is 24.5 Å². The normalized spacial score (nSPS) is 21.2. The van der Waals surface area contributed by atoms with Crippen molar-refractivity contribution in [2.45, 2.75) is 69.9 Å². The SMILES string of the molecule is O=C(CCNC(=O)N1CCCCCC1c1ccncc1)NC1CCCC1. The summed E-state index contributed by atoms with van der Waals surface area (Å²) in [6.07, 6.45) is 12.7. The van der Waals surface area contributed by atoms with Crippen LogP contribution >= 0.6 is 0 Å². The highest BCUT2D eigenvalue weighted by atomic mass is 16.2. The van der Waals surface area contributed by atoms with Gasteiger partial charge in [-0.05, 0) is 43.4 Å². The summed E-state index contributed by atoms with van der Waals surface area (Å²) in [7, 11) is 0. The van der Waals surface area contributed by atoms with E-state index in [1.807, 2.05) is 17.0 Å². The molecule has 2 heterocycles. The molecule has 26 heavy (non-hydrogen) atoms. The van der Waals surface area contributed by atoms with Crippen LogP contribution in [-0.2, 0) is 4.79 Å². The van der Waals surface area contributed by atoms with Gasteiger partial charge in [0.1, 0.15) is 0 Å². The summed E-state index contributed by atoms with van der Waals surface area (Å²) >= 11 is 0. The maximum absolute atomic E-state index is 12.7. The smallest absolute Gasteiger partial charge is 0.317 e. The standard InChI is InChI=1S/C20H30N4O2/c25-19(23-17-6-3-4-7-17)11-14-22-20(26)24-15-5-1-2-8-18(24)16-9-12-21-13-10-16/h9-10,12-13,17-18H,1-8,11,14-15H2,(H,22,26)(H,23,25). The largest absolute Gasteiger partial charge is 0.353 e. The molecule has 2 aliphatic rings. The lowest BCUT2D eigenvalue weighted by Crippen LogP contribution is -2.43. The molecule has 2 fully saturated rings. The Balaban J connectivity index is 1.50. The summed E-state index contributed by atoms with van der Waals surface area (Å²) in [6, 6.07) is 4.34. The van der Waals surface area contributed by atoms with Crippen molar-refractivity contribution < 1.29 is 9.59 Å². The van der Waals surface area contributed by atoms with Crippen molar-refractivity contribution in [2.75, 3.05) is 13.1 Å². The quantitative estimate of drug-likeness (QED) is 0.849. The second-order valence-electron chi connectivity index (χ2n) is 7.37. The molecule has 6 nitrogen and oxygen atoms in total. The van der Waals surface area contributed by atoms with Crippen LogP contribution in [-0.4, -0.2) is 41.0 Å². The van der Waals surface area contributed by atoms with Gasteiger partial charge in [-0.2, -0.15) is 0 Å². The number of amides is 3. The number of likely N-dealkylation sites (tertiary alicyclic amines) is 1. The van der Waals surface area contributed by atoms with Gasteiger partial charge >= 0.3 is 6.03 Å². The van der Waals surface area contributed by atoms with E-state index >= 15 is 0 Å². The van der Waals surface area contributed by atoms with Gasteiger partial charge in [-0.15, -0.1) is 0 Å². The lowest BCUT2D eigenvalue weighted by molar-refractivity contribution is -0.121. The van der Waals surface area contributed by atoms with E-state index in [1.54, 1.807) is 12.4 Å². The number of carbonyl (C=O) groups excluding carboxylic acids is 2. The molecule has 0 spiro atoms. The Morgan fingerprint density at radius 1 is 1.04 bits per heavy atom. The molecule has 0 bridgehead atoms. The second-order valence-corrected chi connectivity index (χ2v) is 7.37. The van der Waals surface area contributed by atoms with Gasteiger partial charge < -0.3 is 15.5 Å². The maximum atomic E-state index is 12.7. The molecular formula is C20H30N4O2. The molecule has 0 aromatic carbocycles. The fourth-order valence-corrected chi connectivity index (χ4v) is 4.04. The summed E-state index contributed by atoms with van der Waals surface area (Å²) < 4.78 is 0. The zero-order valence-corrected chi connectivity index (χ0v) is 15.5. The van der Waals surface area contributed by atoms with Crippen LogP contribution in [0.5, 0.6) is 0 Å². The minimum absolute atomic E-state index is 0.0405. The number of hydrogen-bond acceptors (Lipinski definition) is 3. The summed E-state index contributed by atoms with van der Waals surface area (Å²) in [5.74, 6) is 0.0405. The van der Waals surface area contributed by atoms with Gasteiger partial charge in [0.2, 0.25) is 5.91 Å². The fourth-order valence-electron chi connectivity index (χ4n) is 4.04. The van der Waals surface area contributed by atoms with Gasteiger partial charge in [0.25, 0.3) is 0 Å². The van der Waals surface area contributed by atoms with Crippen LogP contribution in [0.25, 0.3) is 0 Å². The molecule has 2 N–H and O–H groups in total. The Bertz CT molecular complexity index is 587. The molecule has 6 heteroatoms. The van der Waals surface area contributed by atoms with E-state index in [-0.39, 0.29) is 18.0 Å². The molecule has 3 amide bonds. The molecule has 0 radical (unpaired) electrons. The highest BCUT2D eigenvalue weighted by molar-refractivity contribution is 5.78. The molecule has 1 aliphatic heterocycles. The predicted octanol–water partition coefficient (Wildman–Crippen LogP) is 3.16. The third-order valence-electron chi connectivity index (χ3n) is 5.45. The van der Waals surface area contributed by atoms with Gasteiger partial charge in [0.05, 0.1) is 6.04 Å². The van der Waals surface area contributed by atoms with E-state index in [0.29, 0.717) is 19.0 Å². The van der Waals surface area contributed by atoms with Crippen molar-refractivity contribution in [3.8, 4) is 0 Å². The Kier molecular flexibility index (Phi) is 6.86. The average Bonchev–Trinajstić information content (AvgIpc) is 3.03. The minimum Gasteiger partial charge on any atom is -0.353 e. The number of carbonyl (C=O) groups is 2. The third kappa shape index (κ3) is 5.19. The Morgan fingerprint density at radius 2 is 1.77 bits per heavy atom. The van der Waals surface area contributed by atoms with Crippen LogP contribution < -0.4 is 10.6 Å². The minimum atomic E-state index is -0.0672. The van der Waals surface area contributed by atoms with Gasteiger partial charge in [0, 0.05) is 37.9 Å². The van der Waals surface area contributed by atoms with Crippen molar-refractivity contribution in [3.63, 3.8) is 0 Å². The van der Waals surface area contributed by atoms with Gasteiger partial charge in [-0.25, -0.2) is 4.79 Å². The lowest BCUT2D eigenvalue weighted by atomic mass is 10.0. The number of rotatable bonds is 5. The van der Waals surface area contributed by atoms with Crippen LogP contribution in [0.1, 0.15) is 69.4 Å². The van der Waals surface area contributed by atoms with E-state index in [2.05, 4.69) is 15.6 Å². The number of pyridine rings is 1. The maximum Gasteiger partial charge on any atom is 0.317 e. The van der Waals surface area contributed by atoms with Crippen LogP contribution in [0, 0.1) is 0 Å². The number of nitrogens with one attached hydrogen (secondary N) is 2. The third-order valence-corrected chi connectivity index (χ3v) is 5.45. The Hall–Kier alpha value is -2.11. The van der Waals surface area contributed by atoms with Gasteiger partial charge in [-0.3, -0.25) is 9.78 Å². The molecule has 1 atom stereocenters. The molecule has 1 saturated carbocycles. The van der Waals surface area contributed by atoms with Gasteiger partial charge in [-0.1, -0.05) is 25.7 Å². The molecule has 3 rings (SSSR count). The van der Waals surface area contributed by atoms with Crippen LogP contribution in [0.4, 0.5) is 4.79 Å². The zero-order chi connectivity index (χ0) is 18.2. The summed E-state index contributed by atoms with van der Waals surface area (Å²) in [5.41, 5.74) is 1.14. The molecule has 1 saturated heterocycles. The molecule has 142 valence electrons. The Morgan fingerprint density at radius 3 is 2.54 bits per heavy atom. The fraction of sp³-hybridized carbons (Fsp3) is 0.650. The van der Waals surface area contributed by atoms with Crippen molar-refractivity contribution in [1.82, 2.24) is 20.5 Å². The lowest BCUT2D eigenvalue weighted by Gasteiger charge is -2.30. The summed E-state index contributed by atoms with van der Waals surface area (Å²) in [4.78, 5) is 30.8. The monoisotopic (exact) mass is 358 g/mol. The van der Waals surface area contributed by atoms with E-state index < -0.39 is 0 Å². The molecule has 1 aromatic rings. The van der Waals surface area contributed by atoms with Crippen molar-refractivity contribution in [3.05, 3.63) is 30.1 Å². The van der Waals surface area contributed by atoms with Gasteiger partial charge in [0.15, 0.2) is 0 Å². The second kappa shape index (κ2) is 9.55. The van der Waals surface area contributed by atoms with E-state index in [4.69, 9.17) is 0 Å². The van der Waals surface area contributed by atoms with E-state index in [9.17, 15) is 9.59 Å². The highest BCUT2D eigenvalue weighted by Gasteiger charge is 2.26. The first kappa shape index (κ1) is 18.7. The summed E-state index contributed by atoms with van der Waals surface area (Å²) in [6.45, 7) is 1.14. The first-order chi connectivity index (χ1) is 12.7. The molecule has 1 unspecified atom stereocenters. The highest BCUT2D eigenvalue weighted by Crippen LogP contribution is 2.29. The molecule has 1 aliphatic carbocycles. The van der Waals surface area contributed by atoms with E-state index in [0.717, 1.165) is 50.6 Å². The number of aromatic nitrogens is 1. The summed E-state index contributed by atoms with van der Waals surface area (Å²) in [5, 5.41) is 6.01. The Labute approximate surface area is 155 Å². The molecule has 1 aromatic heterocycles. The first-order valence-corrected chi connectivity index (χ1v) is 9.98. The predicted molar refractivity (Wildman–Crippen MR) is 101 cm³/mol. The van der Waals surface area contributed by atoms with Crippen LogP contribution in [0.2, 0.25) is 0 Å². The number of hydrogen-bond donors (Lipinski definition) is 2. The number of urea groups is 1. The number of nitrogens with zero attached hydrogens (tertiary/aromatic N) is 2. The topological polar surface area (TPSA) is 74.3 Å². The molecular weight excluding hydrogens is 328 g/mol. The van der Waals surface area contributed by atoms with Crippen molar-refractivity contribution in [1.29, 1.82) is 0 Å². The van der Waals surface area contributed by atoms with Crippen molar-refractivity contribution in [2.24, 2.45) is 0 Å². The zero-order valence-electron chi connectivity index (χ0n) is 15.5. The average molecular weight is 358 g/mol. The first-order valence-electron chi connectivity index (χ1n) is 9.98. The van der Waals surface area contributed by atoms with Crippen LogP contribution in [0.3, 0.4) is 0 Å².